The number of anilines is 2. The molecule has 132 valence electrons. The summed E-state index contributed by atoms with van der Waals surface area (Å²) in [5, 5.41) is 2.82. The lowest BCUT2D eigenvalue weighted by molar-refractivity contribution is -0.117. The molecule has 1 aromatic carbocycles. The Balaban J connectivity index is 0.00000208. The fourth-order valence-corrected chi connectivity index (χ4v) is 2.56. The SMILES string of the molecule is CCCC(N)C(=O)Nc1ccc2nc(N3CCOCC3)oc2c1.Cl. The maximum atomic E-state index is 12.0. The maximum Gasteiger partial charge on any atom is 0.298 e. The number of aromatic nitrogens is 1. The first-order valence-electron chi connectivity index (χ1n) is 7.97. The van der Waals surface area contributed by atoms with E-state index >= 15 is 0 Å². The number of carbonyl (C=O) groups excluding carboxylic acids is 1. The predicted molar refractivity (Wildman–Crippen MR) is 95.8 cm³/mol. The molecule has 0 radical (unpaired) electrons. The van der Waals surface area contributed by atoms with Crippen LogP contribution in [0.1, 0.15) is 19.8 Å². The van der Waals surface area contributed by atoms with Gasteiger partial charge in [0.25, 0.3) is 6.01 Å². The van der Waals surface area contributed by atoms with Crippen LogP contribution in [0.25, 0.3) is 11.1 Å². The van der Waals surface area contributed by atoms with E-state index in [1.54, 1.807) is 6.07 Å². The summed E-state index contributed by atoms with van der Waals surface area (Å²) in [6.07, 6.45) is 1.54. The first kappa shape index (κ1) is 18.5. The molecule has 0 bridgehead atoms. The van der Waals surface area contributed by atoms with E-state index in [9.17, 15) is 4.79 Å². The van der Waals surface area contributed by atoms with Crippen LogP contribution in [0.5, 0.6) is 0 Å². The van der Waals surface area contributed by atoms with Crippen LogP contribution >= 0.6 is 12.4 Å². The Kier molecular flexibility index (Phi) is 6.42. The zero-order chi connectivity index (χ0) is 16.2. The fraction of sp³-hybridized carbons (Fsp3) is 0.500. The third kappa shape index (κ3) is 4.17. The average molecular weight is 355 g/mol. The summed E-state index contributed by atoms with van der Waals surface area (Å²) in [6, 6.07) is 5.53. The lowest BCUT2D eigenvalue weighted by Crippen LogP contribution is -2.36. The second-order valence-electron chi connectivity index (χ2n) is 5.66. The van der Waals surface area contributed by atoms with Gasteiger partial charge in [-0.2, -0.15) is 4.98 Å². The molecule has 1 atom stereocenters. The Morgan fingerprint density at radius 1 is 1.42 bits per heavy atom. The van der Waals surface area contributed by atoms with Crippen molar-refractivity contribution in [2.75, 3.05) is 36.5 Å². The normalized spacial score (nSPS) is 15.8. The van der Waals surface area contributed by atoms with Crippen molar-refractivity contribution in [1.29, 1.82) is 0 Å². The molecule has 24 heavy (non-hydrogen) atoms. The molecular weight excluding hydrogens is 332 g/mol. The topological polar surface area (TPSA) is 93.6 Å². The number of fused-ring (bicyclic) bond motifs is 1. The summed E-state index contributed by atoms with van der Waals surface area (Å²) in [5.41, 5.74) is 7.90. The lowest BCUT2D eigenvalue weighted by atomic mass is 10.1. The Labute approximate surface area is 146 Å². The van der Waals surface area contributed by atoms with E-state index in [0.717, 1.165) is 25.0 Å². The van der Waals surface area contributed by atoms with Gasteiger partial charge in [0.05, 0.1) is 19.3 Å². The highest BCUT2D eigenvalue weighted by Gasteiger charge is 2.18. The zero-order valence-corrected chi connectivity index (χ0v) is 14.5. The van der Waals surface area contributed by atoms with Crippen molar-refractivity contribution < 1.29 is 13.9 Å². The van der Waals surface area contributed by atoms with Crippen LogP contribution in [0.15, 0.2) is 22.6 Å². The van der Waals surface area contributed by atoms with Gasteiger partial charge in [-0.1, -0.05) is 13.3 Å². The molecule has 0 aliphatic carbocycles. The number of hydrogen-bond donors (Lipinski definition) is 2. The first-order chi connectivity index (χ1) is 11.2. The molecule has 1 aromatic heterocycles. The number of oxazole rings is 1. The molecule has 1 aliphatic heterocycles. The van der Waals surface area contributed by atoms with Crippen molar-refractivity contribution in [1.82, 2.24) is 4.98 Å². The van der Waals surface area contributed by atoms with Crippen LogP contribution < -0.4 is 16.0 Å². The maximum absolute atomic E-state index is 12.0. The third-order valence-electron chi connectivity index (χ3n) is 3.86. The minimum absolute atomic E-state index is 0. The highest BCUT2D eigenvalue weighted by atomic mass is 35.5. The van der Waals surface area contributed by atoms with Crippen LogP contribution in [0.3, 0.4) is 0 Å². The fourth-order valence-electron chi connectivity index (χ4n) is 2.56. The number of nitrogens with zero attached hydrogens (tertiary/aromatic N) is 2. The van der Waals surface area contributed by atoms with Crippen LogP contribution in [0, 0.1) is 0 Å². The van der Waals surface area contributed by atoms with Crippen molar-refractivity contribution >= 4 is 41.1 Å². The van der Waals surface area contributed by atoms with Gasteiger partial charge in [-0.05, 0) is 18.6 Å². The number of carbonyl (C=O) groups is 1. The van der Waals surface area contributed by atoms with Gasteiger partial charge >= 0.3 is 0 Å². The largest absolute Gasteiger partial charge is 0.423 e. The lowest BCUT2D eigenvalue weighted by Gasteiger charge is -2.24. The van der Waals surface area contributed by atoms with E-state index in [1.807, 2.05) is 19.1 Å². The molecule has 2 heterocycles. The minimum atomic E-state index is -0.491. The molecule has 7 nitrogen and oxygen atoms in total. The Morgan fingerprint density at radius 2 is 2.17 bits per heavy atom. The molecule has 2 aromatic rings. The van der Waals surface area contributed by atoms with Gasteiger partial charge in [0.2, 0.25) is 5.91 Å². The second kappa shape index (κ2) is 8.32. The van der Waals surface area contributed by atoms with Crippen molar-refractivity contribution in [3.8, 4) is 0 Å². The molecular formula is C16H23ClN4O3. The van der Waals surface area contributed by atoms with E-state index in [-0.39, 0.29) is 18.3 Å². The van der Waals surface area contributed by atoms with Crippen LogP contribution in [-0.4, -0.2) is 43.2 Å². The molecule has 3 N–H and O–H groups in total. The number of nitrogens with one attached hydrogen (secondary N) is 1. The van der Waals surface area contributed by atoms with Gasteiger partial charge in [-0.25, -0.2) is 0 Å². The molecule has 8 heteroatoms. The number of amides is 1. The third-order valence-corrected chi connectivity index (χ3v) is 3.86. The number of ether oxygens (including phenoxy) is 1. The predicted octanol–water partition coefficient (Wildman–Crippen LogP) is 2.15. The van der Waals surface area contributed by atoms with Crippen LogP contribution in [-0.2, 0) is 9.53 Å². The van der Waals surface area contributed by atoms with Crippen molar-refractivity contribution in [2.45, 2.75) is 25.8 Å². The van der Waals surface area contributed by atoms with E-state index < -0.39 is 6.04 Å². The molecule has 0 spiro atoms. The number of benzene rings is 1. The van der Waals surface area contributed by atoms with E-state index in [4.69, 9.17) is 14.9 Å². The molecule has 1 amide bonds. The number of halogens is 1. The summed E-state index contributed by atoms with van der Waals surface area (Å²) in [7, 11) is 0. The van der Waals surface area contributed by atoms with E-state index in [0.29, 0.717) is 36.9 Å². The van der Waals surface area contributed by atoms with Crippen molar-refractivity contribution in [3.63, 3.8) is 0 Å². The second-order valence-corrected chi connectivity index (χ2v) is 5.66. The Bertz CT molecular complexity index is 685. The summed E-state index contributed by atoms with van der Waals surface area (Å²) < 4.78 is 11.1. The summed E-state index contributed by atoms with van der Waals surface area (Å²) in [6.45, 7) is 4.89. The van der Waals surface area contributed by atoms with E-state index in [1.165, 1.54) is 0 Å². The monoisotopic (exact) mass is 354 g/mol. The van der Waals surface area contributed by atoms with Gasteiger partial charge in [0.15, 0.2) is 5.58 Å². The van der Waals surface area contributed by atoms with E-state index in [2.05, 4.69) is 15.2 Å². The number of morpholine rings is 1. The molecule has 1 fully saturated rings. The van der Waals surface area contributed by atoms with Crippen molar-refractivity contribution in [2.24, 2.45) is 5.73 Å². The number of rotatable bonds is 5. The molecule has 1 unspecified atom stereocenters. The molecule has 1 saturated heterocycles. The Morgan fingerprint density at radius 3 is 2.88 bits per heavy atom. The first-order valence-corrected chi connectivity index (χ1v) is 7.97. The Hall–Kier alpha value is -1.83. The highest BCUT2D eigenvalue weighted by Crippen LogP contribution is 2.25. The summed E-state index contributed by atoms with van der Waals surface area (Å²) in [5.74, 6) is -0.181. The van der Waals surface area contributed by atoms with Crippen molar-refractivity contribution in [3.05, 3.63) is 18.2 Å². The average Bonchev–Trinajstić information content (AvgIpc) is 2.99. The van der Waals surface area contributed by atoms with Gasteiger partial charge in [-0.3, -0.25) is 4.79 Å². The molecule has 3 rings (SSSR count). The minimum Gasteiger partial charge on any atom is -0.423 e. The number of hydrogen-bond acceptors (Lipinski definition) is 6. The van der Waals surface area contributed by atoms with Gasteiger partial charge in [0.1, 0.15) is 5.52 Å². The quantitative estimate of drug-likeness (QED) is 0.854. The van der Waals surface area contributed by atoms with Gasteiger partial charge in [0, 0.05) is 24.8 Å². The van der Waals surface area contributed by atoms with Crippen LogP contribution in [0.2, 0.25) is 0 Å². The summed E-state index contributed by atoms with van der Waals surface area (Å²) in [4.78, 5) is 18.5. The number of nitrogens with two attached hydrogens (primary N) is 1. The molecule has 1 aliphatic rings. The van der Waals surface area contributed by atoms with Gasteiger partial charge in [-0.15, -0.1) is 12.4 Å². The molecule has 0 saturated carbocycles. The van der Waals surface area contributed by atoms with Crippen LogP contribution in [0.4, 0.5) is 11.7 Å². The highest BCUT2D eigenvalue weighted by molar-refractivity contribution is 5.96. The standard InChI is InChI=1S/C16H22N4O3.ClH/c1-2-3-12(17)15(21)18-11-4-5-13-14(10-11)23-16(19-13)20-6-8-22-9-7-20;/h4-5,10,12H,2-3,6-9,17H2,1H3,(H,18,21);1H. The smallest absolute Gasteiger partial charge is 0.298 e. The van der Waals surface area contributed by atoms with Gasteiger partial charge < -0.3 is 25.1 Å². The summed E-state index contributed by atoms with van der Waals surface area (Å²) >= 11 is 0. The zero-order valence-electron chi connectivity index (χ0n) is 13.7.